The number of phenols is 1. The topological polar surface area (TPSA) is 126 Å². The number of hydrogen-bond donors (Lipinski definition) is 3. The highest BCUT2D eigenvalue weighted by atomic mass is 16.5. The monoisotopic (exact) mass is 374 g/mol. The van der Waals surface area contributed by atoms with Gasteiger partial charge in [-0.05, 0) is 17.7 Å². The summed E-state index contributed by atoms with van der Waals surface area (Å²) < 4.78 is 11.1. The van der Waals surface area contributed by atoms with E-state index in [-0.39, 0.29) is 17.9 Å². The number of aromatic hydroxyl groups is 2. The Morgan fingerprint density at radius 3 is 2.48 bits per heavy atom. The molecule has 1 saturated heterocycles. The van der Waals surface area contributed by atoms with Crippen LogP contribution in [0, 0.1) is 0 Å². The van der Waals surface area contributed by atoms with Gasteiger partial charge in [-0.15, -0.1) is 0 Å². The maximum atomic E-state index is 12.3. The van der Waals surface area contributed by atoms with E-state index in [9.17, 15) is 19.8 Å². The highest BCUT2D eigenvalue weighted by molar-refractivity contribution is 5.75. The van der Waals surface area contributed by atoms with Gasteiger partial charge in [0.25, 0.3) is 0 Å². The number of carbonyl (C=O) groups is 1. The summed E-state index contributed by atoms with van der Waals surface area (Å²) in [4.78, 5) is 25.9. The van der Waals surface area contributed by atoms with Crippen LogP contribution in [0.4, 0.5) is 0 Å². The van der Waals surface area contributed by atoms with E-state index >= 15 is 0 Å². The van der Waals surface area contributed by atoms with Gasteiger partial charge in [-0.3, -0.25) is 14.5 Å². The summed E-state index contributed by atoms with van der Waals surface area (Å²) in [5.41, 5.74) is 5.38. The standard InChI is InChI=1S/C19H22N2O6/c20-17(24)10-15(12-1-3-13(22)4-2-12)19-18(25)16(23)9-14(27-19)11-21-5-7-26-8-6-21/h1-4,9,15,22,25H,5-8,10-11H2,(H2,20,24). The minimum absolute atomic E-state index is 0.00440. The highest BCUT2D eigenvalue weighted by Gasteiger charge is 2.26. The number of carbonyl (C=O) groups excluding carboxylic acids is 1. The van der Waals surface area contributed by atoms with Crippen molar-refractivity contribution in [3.05, 3.63) is 57.6 Å². The number of rotatable bonds is 6. The molecule has 8 heteroatoms. The summed E-state index contributed by atoms with van der Waals surface area (Å²) in [5, 5.41) is 19.8. The van der Waals surface area contributed by atoms with Crippen LogP contribution < -0.4 is 11.2 Å². The minimum Gasteiger partial charge on any atom is -0.508 e. The fourth-order valence-corrected chi connectivity index (χ4v) is 3.12. The summed E-state index contributed by atoms with van der Waals surface area (Å²) in [6, 6.07) is 7.35. The van der Waals surface area contributed by atoms with Gasteiger partial charge in [0.05, 0.1) is 25.7 Å². The molecular weight excluding hydrogens is 352 g/mol. The zero-order valence-corrected chi connectivity index (χ0v) is 14.8. The lowest BCUT2D eigenvalue weighted by molar-refractivity contribution is -0.118. The van der Waals surface area contributed by atoms with Gasteiger partial charge in [0.2, 0.25) is 17.1 Å². The Labute approximate surface area is 155 Å². The van der Waals surface area contributed by atoms with Crippen molar-refractivity contribution >= 4 is 5.91 Å². The average molecular weight is 374 g/mol. The number of amides is 1. The zero-order chi connectivity index (χ0) is 19.4. The SMILES string of the molecule is NC(=O)CC(c1ccc(O)cc1)c1oc(CN2CCOCC2)cc(=O)c1O. The maximum absolute atomic E-state index is 12.3. The second-order valence-corrected chi connectivity index (χ2v) is 6.49. The highest BCUT2D eigenvalue weighted by Crippen LogP contribution is 2.33. The number of primary amides is 1. The first-order chi connectivity index (χ1) is 12.9. The van der Waals surface area contributed by atoms with Gasteiger partial charge in [-0.2, -0.15) is 0 Å². The molecule has 1 aromatic carbocycles. The van der Waals surface area contributed by atoms with Crippen molar-refractivity contribution in [3.8, 4) is 11.5 Å². The third-order valence-corrected chi connectivity index (χ3v) is 4.50. The molecule has 2 heterocycles. The van der Waals surface area contributed by atoms with E-state index in [2.05, 4.69) is 4.90 Å². The van der Waals surface area contributed by atoms with Gasteiger partial charge >= 0.3 is 0 Å². The van der Waals surface area contributed by atoms with E-state index in [1.54, 1.807) is 12.1 Å². The van der Waals surface area contributed by atoms with Crippen LogP contribution in [-0.2, 0) is 16.1 Å². The van der Waals surface area contributed by atoms with Crippen molar-refractivity contribution in [2.45, 2.75) is 18.9 Å². The molecule has 4 N–H and O–H groups in total. The summed E-state index contributed by atoms with van der Waals surface area (Å²) in [6.45, 7) is 3.02. The third-order valence-electron chi connectivity index (χ3n) is 4.50. The molecule has 1 atom stereocenters. The maximum Gasteiger partial charge on any atom is 0.227 e. The second kappa shape index (κ2) is 8.24. The van der Waals surface area contributed by atoms with Gasteiger partial charge in [-0.25, -0.2) is 0 Å². The number of hydrogen-bond acceptors (Lipinski definition) is 7. The first kappa shape index (κ1) is 18.9. The molecule has 0 spiro atoms. The van der Waals surface area contributed by atoms with Crippen molar-refractivity contribution < 1.29 is 24.2 Å². The Balaban J connectivity index is 1.98. The summed E-state index contributed by atoms with van der Waals surface area (Å²) in [5.74, 6) is -1.43. The molecule has 0 aliphatic carbocycles. The van der Waals surface area contributed by atoms with Gasteiger partial charge in [-0.1, -0.05) is 12.1 Å². The van der Waals surface area contributed by atoms with Crippen molar-refractivity contribution in [1.82, 2.24) is 4.90 Å². The molecule has 1 fully saturated rings. The van der Waals surface area contributed by atoms with Crippen LogP contribution in [0.25, 0.3) is 0 Å². The molecule has 1 aliphatic rings. The summed E-state index contributed by atoms with van der Waals surface area (Å²) >= 11 is 0. The molecule has 1 unspecified atom stereocenters. The van der Waals surface area contributed by atoms with Gasteiger partial charge in [0.1, 0.15) is 11.5 Å². The molecule has 8 nitrogen and oxygen atoms in total. The van der Waals surface area contributed by atoms with E-state index in [4.69, 9.17) is 14.9 Å². The number of nitrogens with zero attached hydrogens (tertiary/aromatic N) is 1. The summed E-state index contributed by atoms with van der Waals surface area (Å²) in [6.07, 6.45) is -0.151. The van der Waals surface area contributed by atoms with Crippen molar-refractivity contribution in [3.63, 3.8) is 0 Å². The number of phenolic OH excluding ortho intramolecular Hbond substituents is 1. The largest absolute Gasteiger partial charge is 0.508 e. The summed E-state index contributed by atoms with van der Waals surface area (Å²) in [7, 11) is 0. The van der Waals surface area contributed by atoms with E-state index < -0.39 is 23.0 Å². The normalized spacial score (nSPS) is 16.1. The lowest BCUT2D eigenvalue weighted by Gasteiger charge is -2.26. The van der Waals surface area contributed by atoms with Gasteiger partial charge < -0.3 is 25.1 Å². The first-order valence-electron chi connectivity index (χ1n) is 8.67. The molecule has 144 valence electrons. The average Bonchev–Trinajstić information content (AvgIpc) is 2.64. The Morgan fingerprint density at radius 1 is 1.19 bits per heavy atom. The molecule has 1 amide bonds. The number of ether oxygens (including phenoxy) is 1. The van der Waals surface area contributed by atoms with Crippen LogP contribution in [0.1, 0.15) is 29.4 Å². The molecular formula is C19H22N2O6. The van der Waals surface area contributed by atoms with E-state index in [1.807, 2.05) is 0 Å². The fraction of sp³-hybridized carbons (Fsp3) is 0.368. The number of nitrogens with two attached hydrogens (primary N) is 1. The molecule has 0 bridgehead atoms. The van der Waals surface area contributed by atoms with Crippen LogP contribution in [0.3, 0.4) is 0 Å². The van der Waals surface area contributed by atoms with Crippen LogP contribution >= 0.6 is 0 Å². The Bertz CT molecular complexity index is 855. The van der Waals surface area contributed by atoms with Crippen LogP contribution in [0.15, 0.2) is 39.5 Å². The lowest BCUT2D eigenvalue weighted by Crippen LogP contribution is -2.35. The molecule has 0 radical (unpaired) electrons. The lowest BCUT2D eigenvalue weighted by atomic mass is 9.92. The molecule has 0 saturated carbocycles. The zero-order valence-electron chi connectivity index (χ0n) is 14.8. The predicted molar refractivity (Wildman–Crippen MR) is 96.5 cm³/mol. The van der Waals surface area contributed by atoms with Crippen molar-refractivity contribution in [2.75, 3.05) is 26.3 Å². The smallest absolute Gasteiger partial charge is 0.227 e. The molecule has 1 aliphatic heterocycles. The van der Waals surface area contributed by atoms with Crippen LogP contribution in [0.5, 0.6) is 11.5 Å². The number of morpholine rings is 1. The third kappa shape index (κ3) is 4.66. The van der Waals surface area contributed by atoms with Gasteiger partial charge in [0, 0.05) is 25.6 Å². The molecule has 1 aromatic heterocycles. The Morgan fingerprint density at radius 2 is 1.85 bits per heavy atom. The van der Waals surface area contributed by atoms with Crippen LogP contribution in [-0.4, -0.2) is 47.3 Å². The van der Waals surface area contributed by atoms with Gasteiger partial charge in [0.15, 0.2) is 5.76 Å². The van der Waals surface area contributed by atoms with E-state index in [0.29, 0.717) is 44.2 Å². The molecule has 27 heavy (non-hydrogen) atoms. The Kier molecular flexibility index (Phi) is 5.78. The first-order valence-corrected chi connectivity index (χ1v) is 8.67. The fourth-order valence-electron chi connectivity index (χ4n) is 3.12. The molecule has 2 aromatic rings. The van der Waals surface area contributed by atoms with Crippen LogP contribution in [0.2, 0.25) is 0 Å². The number of benzene rings is 1. The minimum atomic E-state index is -0.736. The van der Waals surface area contributed by atoms with Crippen molar-refractivity contribution in [1.29, 1.82) is 0 Å². The van der Waals surface area contributed by atoms with E-state index in [0.717, 1.165) is 0 Å². The van der Waals surface area contributed by atoms with Crippen molar-refractivity contribution in [2.24, 2.45) is 5.73 Å². The predicted octanol–water partition coefficient (Wildman–Crippen LogP) is 0.890. The molecule has 3 rings (SSSR count). The Hall–Kier alpha value is -2.84. The van der Waals surface area contributed by atoms with E-state index in [1.165, 1.54) is 18.2 Å². The quantitative estimate of drug-likeness (QED) is 0.685. The second-order valence-electron chi connectivity index (χ2n) is 6.49.